The summed E-state index contributed by atoms with van der Waals surface area (Å²) in [4.78, 5) is 0. The zero-order chi connectivity index (χ0) is 13.1. The molecule has 2 N–H and O–H groups in total. The van der Waals surface area contributed by atoms with Crippen LogP contribution in [0.2, 0.25) is 0 Å². The van der Waals surface area contributed by atoms with Gasteiger partial charge in [0, 0.05) is 13.1 Å². The van der Waals surface area contributed by atoms with E-state index in [9.17, 15) is 0 Å². The van der Waals surface area contributed by atoms with Gasteiger partial charge in [-0.2, -0.15) is 0 Å². The van der Waals surface area contributed by atoms with E-state index in [1.54, 1.807) is 0 Å². The van der Waals surface area contributed by atoms with E-state index in [1.807, 2.05) is 0 Å². The van der Waals surface area contributed by atoms with E-state index in [0.717, 1.165) is 23.7 Å². The Kier molecular flexibility index (Phi) is 4.81. The molecule has 3 aliphatic rings. The van der Waals surface area contributed by atoms with Crippen LogP contribution in [0.25, 0.3) is 0 Å². The predicted octanol–water partition coefficient (Wildman–Crippen LogP) is 3.53. The summed E-state index contributed by atoms with van der Waals surface area (Å²) in [6.45, 7) is 4.96. The monoisotopic (exact) mass is 264 g/mol. The minimum Gasteiger partial charge on any atom is -0.301 e. The summed E-state index contributed by atoms with van der Waals surface area (Å²) in [5.74, 6) is 3.76. The molecule has 0 amide bonds. The molecule has 2 aliphatic carbocycles. The molecule has 3 rings (SSSR count). The third-order valence-electron chi connectivity index (χ3n) is 6.05. The van der Waals surface area contributed by atoms with E-state index in [1.165, 1.54) is 70.9 Å². The van der Waals surface area contributed by atoms with Crippen LogP contribution < -0.4 is 10.6 Å². The fourth-order valence-corrected chi connectivity index (χ4v) is 4.59. The first kappa shape index (κ1) is 13.9. The molecule has 0 bridgehead atoms. The van der Waals surface area contributed by atoms with Gasteiger partial charge < -0.3 is 10.6 Å². The molecule has 2 nitrogen and oxygen atoms in total. The summed E-state index contributed by atoms with van der Waals surface area (Å²) < 4.78 is 0. The highest BCUT2D eigenvalue weighted by Crippen LogP contribution is 2.33. The Labute approximate surface area is 119 Å². The van der Waals surface area contributed by atoms with E-state index in [0.29, 0.717) is 6.17 Å². The van der Waals surface area contributed by atoms with Gasteiger partial charge in [-0.25, -0.2) is 0 Å². The van der Waals surface area contributed by atoms with E-state index < -0.39 is 0 Å². The van der Waals surface area contributed by atoms with Gasteiger partial charge in [0.1, 0.15) is 0 Å². The van der Waals surface area contributed by atoms with E-state index in [2.05, 4.69) is 17.6 Å². The summed E-state index contributed by atoms with van der Waals surface area (Å²) in [7, 11) is 0. The lowest BCUT2D eigenvalue weighted by Gasteiger charge is -2.41. The van der Waals surface area contributed by atoms with Crippen LogP contribution in [0.3, 0.4) is 0 Å². The van der Waals surface area contributed by atoms with Crippen molar-refractivity contribution in [2.75, 3.05) is 13.1 Å². The van der Waals surface area contributed by atoms with Crippen molar-refractivity contribution in [2.45, 2.75) is 70.9 Å². The molecule has 1 heterocycles. The Balaban J connectivity index is 1.44. The Bertz CT molecular complexity index is 256. The number of nitrogens with one attached hydrogen (secondary N) is 2. The van der Waals surface area contributed by atoms with Crippen LogP contribution in [0.15, 0.2) is 0 Å². The van der Waals surface area contributed by atoms with Crippen molar-refractivity contribution in [3.05, 3.63) is 0 Å². The van der Waals surface area contributed by atoms with Crippen LogP contribution in [0.4, 0.5) is 0 Å². The fraction of sp³-hybridized carbons (Fsp3) is 1.00. The third-order valence-corrected chi connectivity index (χ3v) is 6.05. The molecular formula is C17H32N2. The Hall–Kier alpha value is -0.0800. The van der Waals surface area contributed by atoms with Crippen LogP contribution >= 0.6 is 0 Å². The molecule has 19 heavy (non-hydrogen) atoms. The van der Waals surface area contributed by atoms with Crippen LogP contribution in [0, 0.1) is 23.7 Å². The highest BCUT2D eigenvalue weighted by Gasteiger charge is 2.32. The molecule has 2 saturated carbocycles. The number of hydrogen-bond acceptors (Lipinski definition) is 2. The van der Waals surface area contributed by atoms with E-state index >= 15 is 0 Å². The molecule has 1 aliphatic heterocycles. The van der Waals surface area contributed by atoms with Gasteiger partial charge in [-0.05, 0) is 36.5 Å². The fourth-order valence-electron chi connectivity index (χ4n) is 4.59. The first-order valence-electron chi connectivity index (χ1n) is 8.79. The zero-order valence-corrected chi connectivity index (χ0v) is 12.7. The smallest absolute Gasteiger partial charge is 0.0600 e. The molecule has 0 unspecified atom stereocenters. The number of rotatable bonds is 2. The van der Waals surface area contributed by atoms with Gasteiger partial charge in [0.25, 0.3) is 0 Å². The second-order valence-electron chi connectivity index (χ2n) is 7.47. The maximum absolute atomic E-state index is 3.84. The molecule has 0 spiro atoms. The van der Waals surface area contributed by atoms with Crippen LogP contribution in [-0.4, -0.2) is 19.3 Å². The summed E-state index contributed by atoms with van der Waals surface area (Å²) in [5.41, 5.74) is 0. The van der Waals surface area contributed by atoms with Crippen LogP contribution in [-0.2, 0) is 0 Å². The molecule has 0 atom stereocenters. The molecule has 0 aromatic carbocycles. The van der Waals surface area contributed by atoms with Gasteiger partial charge >= 0.3 is 0 Å². The van der Waals surface area contributed by atoms with Gasteiger partial charge in [-0.3, -0.25) is 0 Å². The maximum atomic E-state index is 3.84. The highest BCUT2D eigenvalue weighted by molar-refractivity contribution is 4.87. The Morgan fingerprint density at radius 1 is 0.632 bits per heavy atom. The summed E-state index contributed by atoms with van der Waals surface area (Å²) >= 11 is 0. The van der Waals surface area contributed by atoms with Crippen LogP contribution in [0.1, 0.15) is 64.7 Å². The first-order chi connectivity index (χ1) is 9.33. The average molecular weight is 264 g/mol. The van der Waals surface area contributed by atoms with Crippen molar-refractivity contribution in [2.24, 2.45) is 23.7 Å². The Morgan fingerprint density at radius 2 is 1.26 bits per heavy atom. The lowest BCUT2D eigenvalue weighted by Crippen LogP contribution is -2.57. The van der Waals surface area contributed by atoms with Crippen molar-refractivity contribution in [3.63, 3.8) is 0 Å². The maximum Gasteiger partial charge on any atom is 0.0600 e. The predicted molar refractivity (Wildman–Crippen MR) is 81.0 cm³/mol. The zero-order valence-electron chi connectivity index (χ0n) is 12.7. The standard InChI is InChI=1S/C17H32N2/c1-13-7-9-15(10-8-13)17-18-11-16(12-19-17)14-5-3-2-4-6-14/h13-19H,2-12H2,1H3. The normalized spacial score (nSPS) is 42.2. The first-order valence-corrected chi connectivity index (χ1v) is 8.79. The van der Waals surface area contributed by atoms with E-state index in [4.69, 9.17) is 0 Å². The van der Waals surface area contributed by atoms with Gasteiger partial charge in [0.05, 0.1) is 6.17 Å². The van der Waals surface area contributed by atoms with Gasteiger partial charge in [0.15, 0.2) is 0 Å². The number of hydrogen-bond donors (Lipinski definition) is 2. The van der Waals surface area contributed by atoms with Crippen molar-refractivity contribution in [3.8, 4) is 0 Å². The van der Waals surface area contributed by atoms with Crippen molar-refractivity contribution < 1.29 is 0 Å². The second-order valence-corrected chi connectivity index (χ2v) is 7.47. The van der Waals surface area contributed by atoms with Gasteiger partial charge in [-0.15, -0.1) is 0 Å². The Morgan fingerprint density at radius 3 is 1.89 bits per heavy atom. The summed E-state index contributed by atoms with van der Waals surface area (Å²) in [6, 6.07) is 0. The molecule has 0 aromatic rings. The average Bonchev–Trinajstić information content (AvgIpc) is 2.49. The molecular weight excluding hydrogens is 232 g/mol. The third kappa shape index (κ3) is 3.52. The lowest BCUT2D eigenvalue weighted by molar-refractivity contribution is 0.134. The minimum absolute atomic E-state index is 0.618. The summed E-state index contributed by atoms with van der Waals surface area (Å²) in [5, 5.41) is 7.68. The lowest BCUT2D eigenvalue weighted by atomic mass is 9.77. The second kappa shape index (κ2) is 6.58. The topological polar surface area (TPSA) is 24.1 Å². The molecule has 110 valence electrons. The van der Waals surface area contributed by atoms with Crippen LogP contribution in [0.5, 0.6) is 0 Å². The molecule has 1 saturated heterocycles. The van der Waals surface area contributed by atoms with Gasteiger partial charge in [-0.1, -0.05) is 51.9 Å². The van der Waals surface area contributed by atoms with Crippen molar-refractivity contribution in [1.82, 2.24) is 10.6 Å². The molecule has 0 aromatic heterocycles. The molecule has 0 radical (unpaired) electrons. The summed E-state index contributed by atoms with van der Waals surface area (Å²) in [6.07, 6.45) is 13.8. The largest absolute Gasteiger partial charge is 0.301 e. The molecule has 3 fully saturated rings. The quantitative estimate of drug-likeness (QED) is 0.797. The van der Waals surface area contributed by atoms with Crippen molar-refractivity contribution in [1.29, 1.82) is 0 Å². The van der Waals surface area contributed by atoms with Crippen molar-refractivity contribution >= 4 is 0 Å². The molecule has 2 heteroatoms. The van der Waals surface area contributed by atoms with E-state index in [-0.39, 0.29) is 0 Å². The van der Waals surface area contributed by atoms with Gasteiger partial charge in [0.2, 0.25) is 0 Å². The SMILES string of the molecule is CC1CCC(C2NCC(C3CCCCC3)CN2)CC1. The highest BCUT2D eigenvalue weighted by atomic mass is 15.2. The minimum atomic E-state index is 0.618.